The third kappa shape index (κ3) is 4.51. The van der Waals surface area contributed by atoms with Crippen LogP contribution >= 0.6 is 0 Å². The summed E-state index contributed by atoms with van der Waals surface area (Å²) in [5, 5.41) is 29.8. The van der Waals surface area contributed by atoms with Crippen molar-refractivity contribution in [3.05, 3.63) is 0 Å². The van der Waals surface area contributed by atoms with Crippen LogP contribution in [0.1, 0.15) is 20.8 Å². The van der Waals surface area contributed by atoms with Crippen LogP contribution in [0.2, 0.25) is 0 Å². The molecule has 0 spiro atoms. The zero-order valence-corrected chi connectivity index (χ0v) is 11.4. The molecule has 0 amide bonds. The molecule has 0 aliphatic carbocycles. The summed E-state index contributed by atoms with van der Waals surface area (Å²) in [5.74, 6) is -0.113. The molecule has 6 nitrogen and oxygen atoms in total. The number of rotatable bonds is 7. The summed E-state index contributed by atoms with van der Waals surface area (Å²) in [7, 11) is -3.25. The van der Waals surface area contributed by atoms with Crippen molar-refractivity contribution in [2.75, 3.05) is 32.1 Å². The van der Waals surface area contributed by atoms with Crippen molar-refractivity contribution in [1.82, 2.24) is 5.32 Å². The zero-order chi connectivity index (χ0) is 13.7. The van der Waals surface area contributed by atoms with E-state index in [0.29, 0.717) is 0 Å². The average Bonchev–Trinajstić information content (AvgIpc) is 2.23. The van der Waals surface area contributed by atoms with E-state index in [1.807, 2.05) is 0 Å². The summed E-state index contributed by atoms with van der Waals surface area (Å²) in [5.41, 5.74) is -1.23. The summed E-state index contributed by atoms with van der Waals surface area (Å²) in [6.45, 7) is 3.52. The summed E-state index contributed by atoms with van der Waals surface area (Å²) in [6, 6.07) is 0. The maximum Gasteiger partial charge on any atom is 0.156 e. The molecule has 0 aromatic rings. The molecule has 0 unspecified atom stereocenters. The molecule has 0 atom stereocenters. The van der Waals surface area contributed by atoms with Gasteiger partial charge in [0.2, 0.25) is 0 Å². The van der Waals surface area contributed by atoms with Gasteiger partial charge >= 0.3 is 0 Å². The second-order valence-corrected chi connectivity index (χ2v) is 7.98. The van der Waals surface area contributed by atoms with E-state index < -0.39 is 39.9 Å². The van der Waals surface area contributed by atoms with Gasteiger partial charge in [-0.1, -0.05) is 0 Å². The largest absolute Gasteiger partial charge is 0.394 e. The first kappa shape index (κ1) is 16.8. The number of sulfone groups is 1. The lowest BCUT2D eigenvalue weighted by molar-refractivity contribution is 0.0440. The maximum absolute atomic E-state index is 11.8. The Kier molecular flexibility index (Phi) is 6.03. The van der Waals surface area contributed by atoms with Gasteiger partial charge in [-0.25, -0.2) is 8.42 Å². The highest BCUT2D eigenvalue weighted by atomic mass is 32.2. The van der Waals surface area contributed by atoms with Crippen LogP contribution in [0.15, 0.2) is 0 Å². The first-order chi connectivity index (χ1) is 7.64. The highest BCUT2D eigenvalue weighted by molar-refractivity contribution is 7.92. The van der Waals surface area contributed by atoms with Crippen molar-refractivity contribution >= 4 is 9.84 Å². The lowest BCUT2D eigenvalue weighted by Gasteiger charge is -2.29. The molecular formula is C10H23NO5S. The molecule has 0 aromatic carbocycles. The summed E-state index contributed by atoms with van der Waals surface area (Å²) in [4.78, 5) is 0. The minimum Gasteiger partial charge on any atom is -0.394 e. The van der Waals surface area contributed by atoms with E-state index in [2.05, 4.69) is 5.32 Å². The number of nitrogens with one attached hydrogen (secondary N) is 1. The molecule has 17 heavy (non-hydrogen) atoms. The van der Waals surface area contributed by atoms with Gasteiger partial charge in [-0.3, -0.25) is 0 Å². The predicted octanol–water partition coefficient (Wildman–Crippen LogP) is -1.49. The molecule has 104 valence electrons. The predicted molar refractivity (Wildman–Crippen MR) is 65.5 cm³/mol. The van der Waals surface area contributed by atoms with E-state index in [0.717, 1.165) is 0 Å². The molecule has 0 bridgehead atoms. The summed E-state index contributed by atoms with van der Waals surface area (Å²) >= 11 is 0. The van der Waals surface area contributed by atoms with Gasteiger partial charge < -0.3 is 20.6 Å². The van der Waals surface area contributed by atoms with Gasteiger partial charge in [0.25, 0.3) is 0 Å². The van der Waals surface area contributed by atoms with Crippen molar-refractivity contribution in [3.8, 4) is 0 Å². The van der Waals surface area contributed by atoms with Crippen LogP contribution in [0, 0.1) is 0 Å². The van der Waals surface area contributed by atoms with Crippen LogP contribution in [-0.4, -0.2) is 66.1 Å². The zero-order valence-electron chi connectivity index (χ0n) is 10.6. The van der Waals surface area contributed by atoms with Gasteiger partial charge in [-0.2, -0.15) is 0 Å². The van der Waals surface area contributed by atoms with E-state index in [-0.39, 0.29) is 12.3 Å². The maximum atomic E-state index is 11.8. The Balaban J connectivity index is 4.43. The van der Waals surface area contributed by atoms with Gasteiger partial charge in [0.05, 0.1) is 35.9 Å². The van der Waals surface area contributed by atoms with Crippen molar-refractivity contribution in [2.45, 2.75) is 31.1 Å². The van der Waals surface area contributed by atoms with Crippen LogP contribution in [0.3, 0.4) is 0 Å². The van der Waals surface area contributed by atoms with E-state index in [4.69, 9.17) is 15.3 Å². The quantitative estimate of drug-likeness (QED) is 0.448. The molecular weight excluding hydrogens is 246 g/mol. The van der Waals surface area contributed by atoms with Crippen LogP contribution in [0.5, 0.6) is 0 Å². The number of aliphatic hydroxyl groups is 3. The molecule has 0 saturated heterocycles. The van der Waals surface area contributed by atoms with Crippen LogP contribution in [-0.2, 0) is 9.84 Å². The third-order valence-corrected chi connectivity index (χ3v) is 5.32. The first-order valence-corrected chi connectivity index (χ1v) is 7.09. The SMILES string of the molecule is CC(C)(C)S(=O)(=O)CCNC(CO)(CO)CO. The van der Waals surface area contributed by atoms with Crippen molar-refractivity contribution in [2.24, 2.45) is 0 Å². The molecule has 4 N–H and O–H groups in total. The fourth-order valence-electron chi connectivity index (χ4n) is 1.07. The highest BCUT2D eigenvalue weighted by Crippen LogP contribution is 2.15. The molecule has 0 aromatic heterocycles. The van der Waals surface area contributed by atoms with Gasteiger partial charge in [0.1, 0.15) is 0 Å². The molecule has 0 rings (SSSR count). The third-order valence-electron chi connectivity index (χ3n) is 2.71. The standard InChI is InChI=1S/C10H23NO5S/c1-9(2,3)17(15,16)5-4-11-10(6-12,7-13)8-14/h11-14H,4-8H2,1-3H3. The number of aliphatic hydroxyl groups excluding tert-OH is 3. The smallest absolute Gasteiger partial charge is 0.156 e. The fraction of sp³-hybridized carbons (Fsp3) is 1.00. The van der Waals surface area contributed by atoms with Crippen molar-refractivity contribution < 1.29 is 23.7 Å². The fourth-order valence-corrected chi connectivity index (χ4v) is 2.06. The highest BCUT2D eigenvalue weighted by Gasteiger charge is 2.31. The van der Waals surface area contributed by atoms with Crippen LogP contribution in [0.4, 0.5) is 0 Å². The number of hydrogen-bond donors (Lipinski definition) is 4. The second kappa shape index (κ2) is 6.10. The van der Waals surface area contributed by atoms with Gasteiger partial charge in [-0.05, 0) is 20.8 Å². The Labute approximate surface area is 103 Å². The Morgan fingerprint density at radius 3 is 1.71 bits per heavy atom. The normalized spacial score (nSPS) is 14.0. The molecule has 7 heteroatoms. The molecule has 0 aliphatic rings. The summed E-state index contributed by atoms with van der Waals surface area (Å²) < 4.78 is 22.7. The molecule has 0 aliphatic heterocycles. The van der Waals surface area contributed by atoms with E-state index in [1.54, 1.807) is 20.8 Å². The average molecular weight is 269 g/mol. The van der Waals surface area contributed by atoms with E-state index in [1.165, 1.54) is 0 Å². The number of hydrogen-bond acceptors (Lipinski definition) is 6. The Morgan fingerprint density at radius 1 is 1.00 bits per heavy atom. The Bertz CT molecular complexity index is 308. The molecule has 0 heterocycles. The van der Waals surface area contributed by atoms with Crippen molar-refractivity contribution in [3.63, 3.8) is 0 Å². The van der Waals surface area contributed by atoms with Crippen molar-refractivity contribution in [1.29, 1.82) is 0 Å². The van der Waals surface area contributed by atoms with E-state index >= 15 is 0 Å². The Hall–Kier alpha value is -0.210. The molecule has 0 fully saturated rings. The minimum absolute atomic E-state index is 0.0707. The van der Waals surface area contributed by atoms with Gasteiger partial charge in [0.15, 0.2) is 9.84 Å². The van der Waals surface area contributed by atoms with E-state index in [9.17, 15) is 8.42 Å². The topological polar surface area (TPSA) is 107 Å². The van der Waals surface area contributed by atoms with Gasteiger partial charge in [0, 0.05) is 6.54 Å². The lowest BCUT2D eigenvalue weighted by atomic mass is 10.0. The first-order valence-electron chi connectivity index (χ1n) is 5.44. The lowest BCUT2D eigenvalue weighted by Crippen LogP contribution is -2.56. The molecule has 0 radical (unpaired) electrons. The summed E-state index contributed by atoms with van der Waals surface area (Å²) in [6.07, 6.45) is 0. The minimum atomic E-state index is -3.25. The van der Waals surface area contributed by atoms with Crippen LogP contribution in [0.25, 0.3) is 0 Å². The molecule has 0 saturated carbocycles. The monoisotopic (exact) mass is 269 g/mol. The van der Waals surface area contributed by atoms with Crippen LogP contribution < -0.4 is 5.32 Å². The van der Waals surface area contributed by atoms with Gasteiger partial charge in [-0.15, -0.1) is 0 Å². The second-order valence-electron chi connectivity index (χ2n) is 5.11. The Morgan fingerprint density at radius 2 is 1.41 bits per heavy atom.